The monoisotopic (exact) mass is 190 g/mol. The van der Waals surface area contributed by atoms with E-state index < -0.39 is 0 Å². The van der Waals surface area contributed by atoms with Crippen LogP contribution >= 0.6 is 11.6 Å². The zero-order valence-corrected chi connectivity index (χ0v) is 7.81. The third-order valence-electron chi connectivity index (χ3n) is 2.00. The van der Waals surface area contributed by atoms with E-state index in [0.29, 0.717) is 10.6 Å². The second-order valence-electron chi connectivity index (χ2n) is 2.95. The van der Waals surface area contributed by atoms with Gasteiger partial charge in [0.2, 0.25) is 0 Å². The number of nitrogens with one attached hydrogen (secondary N) is 1. The molecule has 0 aliphatic carbocycles. The van der Waals surface area contributed by atoms with Crippen molar-refractivity contribution in [3.63, 3.8) is 0 Å². The summed E-state index contributed by atoms with van der Waals surface area (Å²) in [6, 6.07) is 7.53. The highest BCUT2D eigenvalue weighted by molar-refractivity contribution is 6.35. The Morgan fingerprint density at radius 3 is 2.92 bits per heavy atom. The average Bonchev–Trinajstić information content (AvgIpc) is 2.48. The molecule has 2 aromatic rings. The molecule has 0 spiro atoms. The topological polar surface area (TPSA) is 39.6 Å². The first-order valence-electron chi connectivity index (χ1n) is 3.90. The average molecular weight is 191 g/mol. The van der Waals surface area contributed by atoms with Gasteiger partial charge >= 0.3 is 0 Å². The van der Waals surface area contributed by atoms with Crippen molar-refractivity contribution in [3.05, 3.63) is 34.5 Å². The predicted octanol–water partition coefficient (Wildman–Crippen LogP) is 3.00. The van der Waals surface area contributed by atoms with Gasteiger partial charge in [0.05, 0.1) is 16.1 Å². The highest BCUT2D eigenvalue weighted by Gasteiger charge is 2.06. The van der Waals surface area contributed by atoms with Crippen molar-refractivity contribution < 1.29 is 0 Å². The normalized spacial score (nSPS) is 10.2. The predicted molar refractivity (Wildman–Crippen MR) is 52.8 cm³/mol. The van der Waals surface area contributed by atoms with E-state index in [1.807, 2.05) is 13.0 Å². The molecule has 0 unspecified atom stereocenters. The maximum atomic E-state index is 8.82. The van der Waals surface area contributed by atoms with Crippen LogP contribution in [0.5, 0.6) is 0 Å². The molecule has 0 radical (unpaired) electrons. The van der Waals surface area contributed by atoms with E-state index in [1.165, 1.54) is 0 Å². The summed E-state index contributed by atoms with van der Waals surface area (Å²) in [5.41, 5.74) is 2.47. The first kappa shape index (κ1) is 8.15. The van der Waals surface area contributed by atoms with E-state index in [2.05, 4.69) is 11.1 Å². The lowest BCUT2D eigenvalue weighted by atomic mass is 10.1. The quantitative estimate of drug-likeness (QED) is 0.682. The van der Waals surface area contributed by atoms with Crippen LogP contribution in [0.2, 0.25) is 5.02 Å². The van der Waals surface area contributed by atoms with E-state index >= 15 is 0 Å². The van der Waals surface area contributed by atoms with Crippen LogP contribution in [-0.4, -0.2) is 4.98 Å². The number of fused-ring (bicyclic) bond motifs is 1. The summed E-state index contributed by atoms with van der Waals surface area (Å²) in [4.78, 5) is 3.11. The highest BCUT2D eigenvalue weighted by Crippen LogP contribution is 2.26. The van der Waals surface area contributed by atoms with Gasteiger partial charge in [-0.15, -0.1) is 0 Å². The molecule has 3 heteroatoms. The first-order valence-corrected chi connectivity index (χ1v) is 4.28. The first-order chi connectivity index (χ1) is 6.22. The molecule has 0 saturated heterocycles. The largest absolute Gasteiger partial charge is 0.358 e. The van der Waals surface area contributed by atoms with Gasteiger partial charge in [0.1, 0.15) is 6.07 Å². The lowest BCUT2D eigenvalue weighted by Gasteiger charge is -1.94. The summed E-state index contributed by atoms with van der Waals surface area (Å²) in [5, 5.41) is 10.4. The van der Waals surface area contributed by atoms with Crippen molar-refractivity contribution in [2.45, 2.75) is 6.92 Å². The SMILES string of the molecule is Cc1cc2c(Cl)ccc(C#N)c2[nH]1. The van der Waals surface area contributed by atoms with Crippen LogP contribution in [-0.2, 0) is 0 Å². The number of H-pyrrole nitrogens is 1. The summed E-state index contributed by atoms with van der Waals surface area (Å²) in [6.45, 7) is 1.94. The van der Waals surface area contributed by atoms with Crippen LogP contribution < -0.4 is 0 Å². The number of rotatable bonds is 0. The van der Waals surface area contributed by atoms with Crippen LogP contribution in [0.4, 0.5) is 0 Å². The van der Waals surface area contributed by atoms with Crippen molar-refractivity contribution in [3.8, 4) is 6.07 Å². The van der Waals surface area contributed by atoms with Crippen molar-refractivity contribution in [1.29, 1.82) is 5.26 Å². The number of nitriles is 1. The van der Waals surface area contributed by atoms with Crippen LogP contribution in [0.15, 0.2) is 18.2 Å². The number of halogens is 1. The molecule has 2 rings (SSSR count). The minimum absolute atomic E-state index is 0.632. The molecule has 1 heterocycles. The fourth-order valence-corrected chi connectivity index (χ4v) is 1.62. The Bertz CT molecular complexity index is 505. The van der Waals surface area contributed by atoms with Crippen molar-refractivity contribution in [2.24, 2.45) is 0 Å². The van der Waals surface area contributed by atoms with Gasteiger partial charge in [0, 0.05) is 11.1 Å². The van der Waals surface area contributed by atoms with Crippen LogP contribution in [0.3, 0.4) is 0 Å². The Kier molecular flexibility index (Phi) is 1.75. The maximum absolute atomic E-state index is 8.82. The van der Waals surface area contributed by atoms with Gasteiger partial charge in [0.15, 0.2) is 0 Å². The number of aryl methyl sites for hydroxylation is 1. The fraction of sp³-hybridized carbons (Fsp3) is 0.100. The minimum atomic E-state index is 0.632. The molecule has 0 aliphatic heterocycles. The van der Waals surface area contributed by atoms with Crippen LogP contribution in [0, 0.1) is 18.3 Å². The van der Waals surface area contributed by atoms with Gasteiger partial charge in [-0.25, -0.2) is 0 Å². The van der Waals surface area contributed by atoms with Gasteiger partial charge in [-0.2, -0.15) is 5.26 Å². The third-order valence-corrected chi connectivity index (χ3v) is 2.33. The maximum Gasteiger partial charge on any atom is 0.101 e. The van der Waals surface area contributed by atoms with Crippen molar-refractivity contribution in [1.82, 2.24) is 4.98 Å². The number of aromatic nitrogens is 1. The number of hydrogen-bond acceptors (Lipinski definition) is 1. The zero-order chi connectivity index (χ0) is 9.42. The summed E-state index contributed by atoms with van der Waals surface area (Å²) < 4.78 is 0. The number of benzene rings is 1. The smallest absolute Gasteiger partial charge is 0.101 e. The molecule has 1 N–H and O–H groups in total. The molecule has 0 aliphatic rings. The standard InChI is InChI=1S/C10H7ClN2/c1-6-4-8-9(11)3-2-7(5-12)10(8)13-6/h2-4,13H,1H3. The van der Waals surface area contributed by atoms with E-state index in [1.54, 1.807) is 12.1 Å². The van der Waals surface area contributed by atoms with Crippen LogP contribution in [0.25, 0.3) is 10.9 Å². The molecule has 0 bridgehead atoms. The zero-order valence-electron chi connectivity index (χ0n) is 7.06. The second-order valence-corrected chi connectivity index (χ2v) is 3.35. The molecule has 2 nitrogen and oxygen atoms in total. The Morgan fingerprint density at radius 2 is 2.23 bits per heavy atom. The summed E-state index contributed by atoms with van der Waals surface area (Å²) in [5.74, 6) is 0. The lowest BCUT2D eigenvalue weighted by molar-refractivity contribution is 1.30. The molecular formula is C10H7ClN2. The number of aromatic amines is 1. The lowest BCUT2D eigenvalue weighted by Crippen LogP contribution is -1.78. The Labute approximate surface area is 80.7 Å². The fourth-order valence-electron chi connectivity index (χ4n) is 1.41. The van der Waals surface area contributed by atoms with E-state index in [0.717, 1.165) is 16.6 Å². The Morgan fingerprint density at radius 1 is 1.46 bits per heavy atom. The van der Waals surface area contributed by atoms with Gasteiger partial charge in [-0.1, -0.05) is 11.6 Å². The summed E-state index contributed by atoms with van der Waals surface area (Å²) in [7, 11) is 0. The summed E-state index contributed by atoms with van der Waals surface area (Å²) in [6.07, 6.45) is 0. The number of hydrogen-bond donors (Lipinski definition) is 1. The highest BCUT2D eigenvalue weighted by atomic mass is 35.5. The van der Waals surface area contributed by atoms with Gasteiger partial charge < -0.3 is 4.98 Å². The van der Waals surface area contributed by atoms with Gasteiger partial charge in [-0.3, -0.25) is 0 Å². The van der Waals surface area contributed by atoms with Gasteiger partial charge in [0.25, 0.3) is 0 Å². The van der Waals surface area contributed by atoms with E-state index in [4.69, 9.17) is 16.9 Å². The molecular weight excluding hydrogens is 184 g/mol. The molecule has 13 heavy (non-hydrogen) atoms. The van der Waals surface area contributed by atoms with Gasteiger partial charge in [-0.05, 0) is 25.1 Å². The van der Waals surface area contributed by atoms with E-state index in [-0.39, 0.29) is 0 Å². The molecule has 0 atom stereocenters. The summed E-state index contributed by atoms with van der Waals surface area (Å²) >= 11 is 5.97. The molecule has 1 aromatic carbocycles. The Balaban J connectivity index is 2.94. The minimum Gasteiger partial charge on any atom is -0.358 e. The second kappa shape index (κ2) is 2.79. The molecule has 0 fully saturated rings. The van der Waals surface area contributed by atoms with E-state index in [9.17, 15) is 0 Å². The molecule has 64 valence electrons. The van der Waals surface area contributed by atoms with Crippen molar-refractivity contribution in [2.75, 3.05) is 0 Å². The molecule has 0 amide bonds. The third kappa shape index (κ3) is 1.18. The molecule has 1 aromatic heterocycles. The Hall–Kier alpha value is -1.46. The molecule has 0 saturated carbocycles. The van der Waals surface area contributed by atoms with Crippen LogP contribution in [0.1, 0.15) is 11.3 Å². The number of nitrogens with zero attached hydrogens (tertiary/aromatic N) is 1. The van der Waals surface area contributed by atoms with Crippen molar-refractivity contribution >= 4 is 22.5 Å².